The van der Waals surface area contributed by atoms with Crippen LogP contribution in [0.3, 0.4) is 0 Å². The summed E-state index contributed by atoms with van der Waals surface area (Å²) in [5.74, 6) is 0. The zero-order chi connectivity index (χ0) is 21.0. The molecule has 0 fully saturated rings. The van der Waals surface area contributed by atoms with Crippen molar-refractivity contribution in [2.24, 2.45) is 0 Å². The number of nitrogens with zero attached hydrogens (tertiary/aromatic N) is 2. The van der Waals surface area contributed by atoms with Gasteiger partial charge in [0.15, 0.2) is 0 Å². The molecule has 5 heteroatoms. The number of fused-ring (bicyclic) bond motifs is 1. The number of rotatable bonds is 0. The zero-order valence-corrected chi connectivity index (χ0v) is 19.0. The predicted octanol–water partition coefficient (Wildman–Crippen LogP) is 8.38. The van der Waals surface area contributed by atoms with E-state index in [0.29, 0.717) is 0 Å². The molecule has 0 aliphatic heterocycles. The molecule has 1 aromatic carbocycles. The highest BCUT2D eigenvalue weighted by Gasteiger charge is 1.88. The fourth-order valence-corrected chi connectivity index (χ4v) is 3.34. The molecule has 1 aliphatic rings. The van der Waals surface area contributed by atoms with Gasteiger partial charge in [-0.3, -0.25) is 9.97 Å². The lowest BCUT2D eigenvalue weighted by atomic mass is 10.3. The smallest absolute Gasteiger partial charge is 0.0886 e. The molecule has 0 spiro atoms. The molecule has 0 bridgehead atoms. The largest absolute Gasteiger partial charge is 0.253 e. The summed E-state index contributed by atoms with van der Waals surface area (Å²) in [4.78, 5) is 8.24. The van der Waals surface area contributed by atoms with Gasteiger partial charge >= 0.3 is 0 Å². The van der Waals surface area contributed by atoms with Crippen LogP contribution in [0.2, 0.25) is 0 Å². The van der Waals surface area contributed by atoms with Gasteiger partial charge < -0.3 is 0 Å². The third-order valence-corrected chi connectivity index (χ3v) is 5.19. The SMILES string of the molecule is C1=CCC=C1.c1ccc2nccnc2c1.c1ccsc1.c1ccsc1.c1ccsc1. The van der Waals surface area contributed by atoms with Crippen LogP contribution in [0.4, 0.5) is 0 Å². The van der Waals surface area contributed by atoms with E-state index < -0.39 is 0 Å². The molecular weight excluding hydrogens is 424 g/mol. The molecule has 0 amide bonds. The van der Waals surface area contributed by atoms with Crippen molar-refractivity contribution in [3.05, 3.63) is 130 Å². The number of allylic oxidation sites excluding steroid dienone is 4. The fraction of sp³-hybridized carbons (Fsp3) is 0.0400. The Morgan fingerprint density at radius 1 is 0.500 bits per heavy atom. The van der Waals surface area contributed by atoms with Gasteiger partial charge in [-0.05, 0) is 50.8 Å². The number of hydrogen-bond acceptors (Lipinski definition) is 5. The highest BCUT2D eigenvalue weighted by molar-refractivity contribution is 7.08. The van der Waals surface area contributed by atoms with Gasteiger partial charge in [0.05, 0.1) is 11.0 Å². The Morgan fingerprint density at radius 3 is 1.10 bits per heavy atom. The Hall–Kier alpha value is -2.86. The first-order valence-corrected chi connectivity index (χ1v) is 12.2. The van der Waals surface area contributed by atoms with Gasteiger partial charge in [-0.1, -0.05) is 72.8 Å². The van der Waals surface area contributed by atoms with Crippen LogP contribution in [0.1, 0.15) is 6.42 Å². The lowest BCUT2D eigenvalue weighted by molar-refractivity contribution is 1.29. The van der Waals surface area contributed by atoms with E-state index in [1.165, 1.54) is 0 Å². The third kappa shape index (κ3) is 11.9. The number of para-hydroxylation sites is 2. The van der Waals surface area contributed by atoms with Crippen molar-refractivity contribution in [1.29, 1.82) is 0 Å². The van der Waals surface area contributed by atoms with Gasteiger partial charge in [-0.15, -0.1) is 0 Å². The Kier molecular flexibility index (Phi) is 13.3. The minimum absolute atomic E-state index is 0.949. The first kappa shape index (κ1) is 23.4. The maximum atomic E-state index is 4.12. The summed E-state index contributed by atoms with van der Waals surface area (Å²) < 4.78 is 0. The number of benzene rings is 1. The predicted molar refractivity (Wildman–Crippen MR) is 135 cm³/mol. The second-order valence-electron chi connectivity index (χ2n) is 5.52. The van der Waals surface area contributed by atoms with Gasteiger partial charge in [0.1, 0.15) is 0 Å². The standard InChI is InChI=1S/C8H6N2.C5H6.3C4H4S/c1-2-4-8-7(3-1)9-5-6-10-8;4*1-2-4-5-3-1/h1-6H;1-4H,5H2;3*1-4H. The van der Waals surface area contributed by atoms with Crippen LogP contribution in [0.15, 0.2) is 130 Å². The Balaban J connectivity index is 0.000000139. The van der Waals surface area contributed by atoms with Crippen molar-refractivity contribution in [3.8, 4) is 0 Å². The van der Waals surface area contributed by atoms with Gasteiger partial charge in [-0.25, -0.2) is 0 Å². The Labute approximate surface area is 190 Å². The highest BCUT2D eigenvalue weighted by Crippen LogP contribution is 2.04. The average Bonchev–Trinajstić information content (AvgIpc) is 3.66. The van der Waals surface area contributed by atoms with Crippen molar-refractivity contribution in [3.63, 3.8) is 0 Å². The second kappa shape index (κ2) is 17.0. The molecule has 5 aromatic rings. The van der Waals surface area contributed by atoms with Gasteiger partial charge in [-0.2, -0.15) is 34.0 Å². The van der Waals surface area contributed by atoms with Crippen molar-refractivity contribution < 1.29 is 0 Å². The topological polar surface area (TPSA) is 25.8 Å². The third-order valence-electron chi connectivity index (χ3n) is 3.31. The van der Waals surface area contributed by atoms with Crippen molar-refractivity contribution in [2.75, 3.05) is 0 Å². The van der Waals surface area contributed by atoms with Crippen LogP contribution in [-0.4, -0.2) is 9.97 Å². The molecule has 30 heavy (non-hydrogen) atoms. The number of aromatic nitrogens is 2. The van der Waals surface area contributed by atoms with Gasteiger partial charge in [0.25, 0.3) is 0 Å². The lowest BCUT2D eigenvalue weighted by Gasteiger charge is -1.90. The molecule has 152 valence electrons. The summed E-state index contributed by atoms with van der Waals surface area (Å²) in [6.45, 7) is 0. The Bertz CT molecular complexity index is 830. The van der Waals surface area contributed by atoms with E-state index in [-0.39, 0.29) is 0 Å². The number of hydrogen-bond donors (Lipinski definition) is 0. The monoisotopic (exact) mass is 448 g/mol. The molecule has 0 radical (unpaired) electrons. The summed E-state index contributed by atoms with van der Waals surface area (Å²) in [7, 11) is 0. The molecule has 0 atom stereocenters. The molecule has 0 N–H and O–H groups in total. The van der Waals surface area contributed by atoms with Crippen molar-refractivity contribution in [1.82, 2.24) is 9.97 Å². The van der Waals surface area contributed by atoms with E-state index in [9.17, 15) is 0 Å². The van der Waals surface area contributed by atoms with Crippen LogP contribution < -0.4 is 0 Å². The van der Waals surface area contributed by atoms with E-state index >= 15 is 0 Å². The van der Waals surface area contributed by atoms with Crippen LogP contribution in [0.5, 0.6) is 0 Å². The molecule has 6 rings (SSSR count). The van der Waals surface area contributed by atoms with Crippen LogP contribution in [0, 0.1) is 0 Å². The molecular formula is C25H24N2S3. The minimum atomic E-state index is 0.949. The summed E-state index contributed by atoms with van der Waals surface area (Å²) in [6.07, 6.45) is 12.9. The molecule has 4 heterocycles. The maximum Gasteiger partial charge on any atom is 0.0886 e. The zero-order valence-electron chi connectivity index (χ0n) is 16.5. The Morgan fingerprint density at radius 2 is 0.867 bits per heavy atom. The summed E-state index contributed by atoms with van der Waals surface area (Å²) >= 11 is 5.14. The van der Waals surface area contributed by atoms with Gasteiger partial charge in [0.2, 0.25) is 0 Å². The van der Waals surface area contributed by atoms with Crippen LogP contribution in [0.25, 0.3) is 11.0 Å². The van der Waals surface area contributed by atoms with Crippen LogP contribution in [-0.2, 0) is 0 Å². The maximum absolute atomic E-state index is 4.12. The molecule has 0 saturated heterocycles. The number of thiophene rings is 3. The van der Waals surface area contributed by atoms with E-state index in [1.807, 2.05) is 92.9 Å². The fourth-order valence-electron chi connectivity index (χ4n) is 1.98. The van der Waals surface area contributed by atoms with Crippen molar-refractivity contribution in [2.45, 2.75) is 6.42 Å². The molecule has 0 saturated carbocycles. The average molecular weight is 449 g/mol. The van der Waals surface area contributed by atoms with Crippen LogP contribution >= 0.6 is 34.0 Å². The summed E-state index contributed by atoms with van der Waals surface area (Å²) in [6, 6.07) is 19.9. The van der Waals surface area contributed by atoms with E-state index in [2.05, 4.69) is 34.3 Å². The summed E-state index contributed by atoms with van der Waals surface area (Å²) in [5.41, 5.74) is 1.90. The molecule has 1 aliphatic carbocycles. The normalized spacial score (nSPS) is 10.3. The highest BCUT2D eigenvalue weighted by atomic mass is 32.1. The quantitative estimate of drug-likeness (QED) is 0.238. The van der Waals surface area contributed by atoms with E-state index in [1.54, 1.807) is 46.4 Å². The molecule has 4 aromatic heterocycles. The summed E-state index contributed by atoms with van der Waals surface area (Å²) in [5, 5.41) is 12.2. The first-order valence-electron chi connectivity index (χ1n) is 9.36. The first-order chi connectivity index (χ1) is 15.0. The minimum Gasteiger partial charge on any atom is -0.253 e. The van der Waals surface area contributed by atoms with Crippen molar-refractivity contribution >= 4 is 45.0 Å². The van der Waals surface area contributed by atoms with E-state index in [4.69, 9.17) is 0 Å². The van der Waals surface area contributed by atoms with Gasteiger partial charge in [0, 0.05) is 12.4 Å². The lowest BCUT2D eigenvalue weighted by Crippen LogP contribution is -1.78. The van der Waals surface area contributed by atoms with E-state index in [0.717, 1.165) is 17.5 Å². The molecule has 0 unspecified atom stereocenters. The second-order valence-corrected chi connectivity index (χ2v) is 7.97. The molecule has 2 nitrogen and oxygen atoms in total.